The maximum atomic E-state index is 12.8. The second kappa shape index (κ2) is 8.22. The van der Waals surface area contributed by atoms with E-state index in [1.54, 1.807) is 7.11 Å². The number of hydrogen-bond acceptors (Lipinski definition) is 3. The molecule has 2 N–H and O–H groups in total. The molecular weight excluding hydrogens is 369 g/mol. The molecule has 0 saturated carbocycles. The van der Waals surface area contributed by atoms with Crippen LogP contribution in [0.1, 0.15) is 35.6 Å². The van der Waals surface area contributed by atoms with E-state index < -0.39 is 11.7 Å². The first kappa shape index (κ1) is 20.2. The number of hydrogen-bond donors (Lipinski definition) is 2. The minimum atomic E-state index is -4.37. The van der Waals surface area contributed by atoms with Gasteiger partial charge in [0.15, 0.2) is 0 Å². The Hall–Kier alpha value is -2.54. The zero-order chi connectivity index (χ0) is 20.3. The summed E-state index contributed by atoms with van der Waals surface area (Å²) in [5.41, 5.74) is 0.965. The van der Waals surface area contributed by atoms with Crippen LogP contribution in [0.2, 0.25) is 0 Å². The first-order chi connectivity index (χ1) is 13.3. The lowest BCUT2D eigenvalue weighted by Crippen LogP contribution is -2.36. The van der Waals surface area contributed by atoms with Gasteiger partial charge in [-0.05, 0) is 42.3 Å². The van der Waals surface area contributed by atoms with Crippen molar-refractivity contribution in [2.45, 2.75) is 25.1 Å². The Bertz CT molecular complexity index is 821. The third-order valence-corrected chi connectivity index (χ3v) is 5.17. The molecule has 3 rings (SSSR count). The van der Waals surface area contributed by atoms with Crippen molar-refractivity contribution >= 4 is 5.91 Å². The standard InChI is InChI=1S/C21H23F3N2O2/c1-13(15-4-3-5-17(10-15)28-2)26-20(27)19-12-25-11-18(19)14-6-8-16(9-7-14)21(22,23)24/h3-10,13,18-19,25H,11-12H2,1-2H3,(H,26,27)/t13-,18-,19+/m0/s1. The third kappa shape index (κ3) is 4.47. The monoisotopic (exact) mass is 392 g/mol. The number of carbonyl (C=O) groups excluding carboxylic acids is 1. The van der Waals surface area contributed by atoms with Gasteiger partial charge in [0, 0.05) is 19.0 Å². The number of carbonyl (C=O) groups is 1. The Morgan fingerprint density at radius 1 is 1.18 bits per heavy atom. The molecule has 0 aromatic heterocycles. The summed E-state index contributed by atoms with van der Waals surface area (Å²) in [7, 11) is 1.58. The summed E-state index contributed by atoms with van der Waals surface area (Å²) in [5.74, 6) is 0.0820. The predicted molar refractivity (Wildman–Crippen MR) is 100 cm³/mol. The second-order valence-corrected chi connectivity index (χ2v) is 7.00. The zero-order valence-electron chi connectivity index (χ0n) is 15.7. The number of nitrogens with one attached hydrogen (secondary N) is 2. The van der Waals surface area contributed by atoms with Crippen LogP contribution in [0.5, 0.6) is 5.75 Å². The molecule has 0 radical (unpaired) electrons. The topological polar surface area (TPSA) is 50.4 Å². The van der Waals surface area contributed by atoms with Crippen LogP contribution in [-0.2, 0) is 11.0 Å². The molecule has 1 amide bonds. The number of methoxy groups -OCH3 is 1. The molecule has 28 heavy (non-hydrogen) atoms. The van der Waals surface area contributed by atoms with E-state index in [0.717, 1.165) is 23.3 Å². The van der Waals surface area contributed by atoms with E-state index in [4.69, 9.17) is 4.74 Å². The molecule has 1 aliphatic heterocycles. The fourth-order valence-corrected chi connectivity index (χ4v) is 3.54. The minimum absolute atomic E-state index is 0.120. The van der Waals surface area contributed by atoms with E-state index in [-0.39, 0.29) is 23.8 Å². The number of rotatable bonds is 5. The predicted octanol–water partition coefficient (Wildman–Crippen LogP) is 3.89. The number of benzene rings is 2. The highest BCUT2D eigenvalue weighted by Crippen LogP contribution is 2.33. The Kier molecular flexibility index (Phi) is 5.93. The largest absolute Gasteiger partial charge is 0.497 e. The van der Waals surface area contributed by atoms with Crippen molar-refractivity contribution in [3.8, 4) is 5.75 Å². The van der Waals surface area contributed by atoms with Crippen molar-refractivity contribution < 1.29 is 22.7 Å². The van der Waals surface area contributed by atoms with Gasteiger partial charge in [0.2, 0.25) is 5.91 Å². The molecular formula is C21H23F3N2O2. The molecule has 2 aromatic carbocycles. The summed E-state index contributed by atoms with van der Waals surface area (Å²) in [6.07, 6.45) is -4.37. The van der Waals surface area contributed by atoms with E-state index >= 15 is 0 Å². The lowest BCUT2D eigenvalue weighted by atomic mass is 9.87. The first-order valence-corrected chi connectivity index (χ1v) is 9.12. The van der Waals surface area contributed by atoms with Crippen LogP contribution in [-0.4, -0.2) is 26.1 Å². The number of ether oxygens (including phenoxy) is 1. The maximum absolute atomic E-state index is 12.8. The van der Waals surface area contributed by atoms with Crippen molar-refractivity contribution in [3.63, 3.8) is 0 Å². The van der Waals surface area contributed by atoms with E-state index in [2.05, 4.69) is 10.6 Å². The third-order valence-electron chi connectivity index (χ3n) is 5.17. The van der Waals surface area contributed by atoms with E-state index in [1.807, 2.05) is 31.2 Å². The van der Waals surface area contributed by atoms with Gasteiger partial charge in [0.1, 0.15) is 5.75 Å². The van der Waals surface area contributed by atoms with Crippen molar-refractivity contribution in [1.29, 1.82) is 0 Å². The van der Waals surface area contributed by atoms with Gasteiger partial charge >= 0.3 is 6.18 Å². The first-order valence-electron chi connectivity index (χ1n) is 9.12. The number of amides is 1. The van der Waals surface area contributed by atoms with E-state index in [1.165, 1.54) is 12.1 Å². The zero-order valence-corrected chi connectivity index (χ0v) is 15.7. The van der Waals surface area contributed by atoms with Gasteiger partial charge in [-0.15, -0.1) is 0 Å². The molecule has 0 bridgehead atoms. The smallest absolute Gasteiger partial charge is 0.416 e. The van der Waals surface area contributed by atoms with Crippen LogP contribution in [0.4, 0.5) is 13.2 Å². The van der Waals surface area contributed by atoms with Gasteiger partial charge in [0.25, 0.3) is 0 Å². The Balaban J connectivity index is 1.70. The number of alkyl halides is 3. The van der Waals surface area contributed by atoms with Gasteiger partial charge in [-0.25, -0.2) is 0 Å². The highest BCUT2D eigenvalue weighted by Gasteiger charge is 2.35. The SMILES string of the molecule is COc1cccc([C@H](C)NC(=O)[C@@H]2CNC[C@H]2c2ccc(C(F)(F)F)cc2)c1. The Labute approximate surface area is 162 Å². The van der Waals surface area contributed by atoms with E-state index in [9.17, 15) is 18.0 Å². The number of halogens is 3. The van der Waals surface area contributed by atoms with Crippen molar-refractivity contribution in [3.05, 3.63) is 65.2 Å². The normalized spacial score (nSPS) is 20.6. The molecule has 7 heteroatoms. The lowest BCUT2D eigenvalue weighted by molar-refractivity contribution is -0.137. The minimum Gasteiger partial charge on any atom is -0.497 e. The van der Waals surface area contributed by atoms with Crippen LogP contribution < -0.4 is 15.4 Å². The van der Waals surface area contributed by atoms with Gasteiger partial charge in [-0.3, -0.25) is 4.79 Å². The Morgan fingerprint density at radius 3 is 2.54 bits per heavy atom. The van der Waals surface area contributed by atoms with Crippen LogP contribution in [0, 0.1) is 5.92 Å². The van der Waals surface area contributed by atoms with Crippen LogP contribution in [0.15, 0.2) is 48.5 Å². The fraction of sp³-hybridized carbons (Fsp3) is 0.381. The van der Waals surface area contributed by atoms with Gasteiger partial charge in [-0.2, -0.15) is 13.2 Å². The molecule has 0 unspecified atom stereocenters. The average molecular weight is 392 g/mol. The summed E-state index contributed by atoms with van der Waals surface area (Å²) in [6, 6.07) is 12.3. The molecule has 1 heterocycles. The highest BCUT2D eigenvalue weighted by atomic mass is 19.4. The van der Waals surface area contributed by atoms with Gasteiger partial charge < -0.3 is 15.4 Å². The molecule has 2 aromatic rings. The molecule has 0 aliphatic carbocycles. The molecule has 4 nitrogen and oxygen atoms in total. The van der Waals surface area contributed by atoms with Crippen molar-refractivity contribution in [2.75, 3.05) is 20.2 Å². The molecule has 1 aliphatic rings. The molecule has 150 valence electrons. The van der Waals surface area contributed by atoms with Crippen molar-refractivity contribution in [2.24, 2.45) is 5.92 Å². The van der Waals surface area contributed by atoms with Gasteiger partial charge in [-0.1, -0.05) is 24.3 Å². The Morgan fingerprint density at radius 2 is 1.89 bits per heavy atom. The molecule has 3 atom stereocenters. The van der Waals surface area contributed by atoms with Gasteiger partial charge in [0.05, 0.1) is 24.6 Å². The van der Waals surface area contributed by atoms with Crippen molar-refractivity contribution in [1.82, 2.24) is 10.6 Å². The molecule has 0 spiro atoms. The summed E-state index contributed by atoms with van der Waals surface area (Å²) in [5, 5.41) is 6.19. The fourth-order valence-electron chi connectivity index (χ4n) is 3.54. The average Bonchev–Trinajstić information content (AvgIpc) is 3.17. The van der Waals surface area contributed by atoms with Crippen LogP contribution in [0.3, 0.4) is 0 Å². The lowest BCUT2D eigenvalue weighted by Gasteiger charge is -2.22. The summed E-state index contributed by atoms with van der Waals surface area (Å²) >= 11 is 0. The summed E-state index contributed by atoms with van der Waals surface area (Å²) < 4.78 is 43.5. The quantitative estimate of drug-likeness (QED) is 0.812. The highest BCUT2D eigenvalue weighted by molar-refractivity contribution is 5.81. The van der Waals surface area contributed by atoms with Crippen LogP contribution in [0.25, 0.3) is 0 Å². The second-order valence-electron chi connectivity index (χ2n) is 7.00. The summed E-state index contributed by atoms with van der Waals surface area (Å²) in [6.45, 7) is 2.93. The molecule has 1 saturated heterocycles. The maximum Gasteiger partial charge on any atom is 0.416 e. The molecule has 1 fully saturated rings. The van der Waals surface area contributed by atoms with Crippen LogP contribution >= 0.6 is 0 Å². The summed E-state index contributed by atoms with van der Waals surface area (Å²) in [4.78, 5) is 12.8. The van der Waals surface area contributed by atoms with E-state index in [0.29, 0.717) is 18.8 Å².